The Labute approximate surface area is 113 Å². The molecule has 1 heterocycles. The van der Waals surface area contributed by atoms with Gasteiger partial charge in [0.05, 0.1) is 11.1 Å². The van der Waals surface area contributed by atoms with Crippen molar-refractivity contribution in [1.82, 2.24) is 9.78 Å². The summed E-state index contributed by atoms with van der Waals surface area (Å²) < 4.78 is 25.4. The molecule has 2 aromatic rings. The first kappa shape index (κ1) is 13.6. The van der Waals surface area contributed by atoms with Crippen LogP contribution in [0.15, 0.2) is 23.2 Å². The molecule has 2 rings (SSSR count). The van der Waals surface area contributed by atoms with Crippen LogP contribution in [-0.4, -0.2) is 24.5 Å². The monoisotopic (exact) mass is 279 g/mol. The highest BCUT2D eigenvalue weighted by atomic mass is 32.2. The first-order chi connectivity index (χ1) is 8.71. The second-order valence-electron chi connectivity index (χ2n) is 4.77. The van der Waals surface area contributed by atoms with Crippen LogP contribution in [-0.2, 0) is 16.9 Å². The van der Waals surface area contributed by atoms with E-state index in [2.05, 4.69) is 5.10 Å². The summed E-state index contributed by atoms with van der Waals surface area (Å²) in [5.41, 5.74) is 9.15. The molecule has 6 heteroatoms. The number of nitrogen functional groups attached to an aromatic ring is 1. The fraction of sp³-hybridized carbons (Fsp3) is 0.308. The first-order valence-electron chi connectivity index (χ1n) is 5.81. The number of hydrogen-bond acceptors (Lipinski definition) is 4. The summed E-state index contributed by atoms with van der Waals surface area (Å²) in [7, 11) is -1.60. The Morgan fingerprint density at radius 1 is 1.16 bits per heavy atom. The summed E-state index contributed by atoms with van der Waals surface area (Å²) in [6, 6.07) is 3.53. The summed E-state index contributed by atoms with van der Waals surface area (Å²) in [6.07, 6.45) is 2.79. The summed E-state index contributed by atoms with van der Waals surface area (Å²) in [4.78, 5) is 0.287. The van der Waals surface area contributed by atoms with Gasteiger partial charge in [0.1, 0.15) is 5.82 Å². The van der Waals surface area contributed by atoms with E-state index in [0.717, 1.165) is 11.1 Å². The Morgan fingerprint density at radius 3 is 2.21 bits per heavy atom. The number of aromatic nitrogens is 2. The molecule has 0 amide bonds. The van der Waals surface area contributed by atoms with Crippen molar-refractivity contribution in [3.63, 3.8) is 0 Å². The number of aryl methyl sites for hydroxylation is 3. The molecule has 2 N–H and O–H groups in total. The minimum absolute atomic E-state index is 0.287. The van der Waals surface area contributed by atoms with Gasteiger partial charge in [0.25, 0.3) is 0 Å². The average molecular weight is 279 g/mol. The van der Waals surface area contributed by atoms with Gasteiger partial charge in [0.2, 0.25) is 0 Å². The number of sulfone groups is 1. The molecule has 19 heavy (non-hydrogen) atoms. The van der Waals surface area contributed by atoms with E-state index in [9.17, 15) is 8.42 Å². The van der Waals surface area contributed by atoms with Gasteiger partial charge in [-0.05, 0) is 37.1 Å². The number of hydrogen-bond donors (Lipinski definition) is 1. The molecule has 0 unspecified atom stereocenters. The zero-order valence-electron chi connectivity index (χ0n) is 11.4. The predicted octanol–water partition coefficient (Wildman–Crippen LogP) is 1.69. The molecule has 0 saturated heterocycles. The maximum Gasteiger partial charge on any atom is 0.176 e. The SMILES string of the molecule is Cc1cc(-c2cnn(C)c2N)c(S(C)(=O)=O)cc1C. The highest BCUT2D eigenvalue weighted by Gasteiger charge is 2.19. The zero-order chi connectivity index (χ0) is 14.4. The molecule has 5 nitrogen and oxygen atoms in total. The molecule has 0 aliphatic carbocycles. The molecule has 102 valence electrons. The molecule has 0 radical (unpaired) electrons. The Morgan fingerprint density at radius 2 is 1.74 bits per heavy atom. The van der Waals surface area contributed by atoms with Crippen molar-refractivity contribution in [3.8, 4) is 11.1 Å². The molecule has 0 bridgehead atoms. The second kappa shape index (κ2) is 4.38. The van der Waals surface area contributed by atoms with Crippen molar-refractivity contribution in [2.24, 2.45) is 7.05 Å². The fourth-order valence-electron chi connectivity index (χ4n) is 1.96. The second-order valence-corrected chi connectivity index (χ2v) is 6.76. The maximum absolute atomic E-state index is 11.9. The molecule has 0 saturated carbocycles. The smallest absolute Gasteiger partial charge is 0.176 e. The molecule has 0 aliphatic heterocycles. The molecular formula is C13H17N3O2S. The quantitative estimate of drug-likeness (QED) is 0.907. The van der Waals surface area contributed by atoms with E-state index in [1.165, 1.54) is 10.9 Å². The van der Waals surface area contributed by atoms with Crippen LogP contribution in [0.4, 0.5) is 5.82 Å². The Balaban J connectivity index is 2.83. The topological polar surface area (TPSA) is 78.0 Å². The third kappa shape index (κ3) is 2.35. The minimum atomic E-state index is -3.32. The van der Waals surface area contributed by atoms with Crippen LogP contribution in [0.3, 0.4) is 0 Å². The standard InChI is InChI=1S/C13H17N3O2S/c1-8-5-10(11-7-15-16(3)13(11)14)12(6-9(8)2)19(4,17)18/h5-7H,14H2,1-4H3. The average Bonchev–Trinajstić information content (AvgIpc) is 2.62. The highest BCUT2D eigenvalue weighted by Crippen LogP contribution is 2.33. The summed E-state index contributed by atoms with van der Waals surface area (Å²) in [5, 5.41) is 4.06. The molecule has 1 aromatic heterocycles. The molecule has 0 aliphatic rings. The van der Waals surface area contributed by atoms with Crippen molar-refractivity contribution < 1.29 is 8.42 Å². The lowest BCUT2D eigenvalue weighted by atomic mass is 10.0. The fourth-order valence-corrected chi connectivity index (χ4v) is 2.92. The van der Waals surface area contributed by atoms with Crippen LogP contribution in [0.5, 0.6) is 0 Å². The van der Waals surface area contributed by atoms with Crippen LogP contribution < -0.4 is 5.73 Å². The highest BCUT2D eigenvalue weighted by molar-refractivity contribution is 7.90. The van der Waals surface area contributed by atoms with Crippen LogP contribution >= 0.6 is 0 Å². The molecule has 0 fully saturated rings. The zero-order valence-corrected chi connectivity index (χ0v) is 12.2. The first-order valence-corrected chi connectivity index (χ1v) is 7.70. The third-order valence-electron chi connectivity index (χ3n) is 3.27. The number of nitrogens with zero attached hydrogens (tertiary/aromatic N) is 2. The Kier molecular flexibility index (Phi) is 3.14. The van der Waals surface area contributed by atoms with Gasteiger partial charge < -0.3 is 5.73 Å². The van der Waals surface area contributed by atoms with Gasteiger partial charge in [-0.2, -0.15) is 5.10 Å². The Hall–Kier alpha value is -1.82. The maximum atomic E-state index is 11.9. The van der Waals surface area contributed by atoms with E-state index in [-0.39, 0.29) is 4.90 Å². The number of benzene rings is 1. The lowest BCUT2D eigenvalue weighted by molar-refractivity contribution is 0.602. The van der Waals surface area contributed by atoms with E-state index in [0.29, 0.717) is 16.9 Å². The van der Waals surface area contributed by atoms with Crippen LogP contribution in [0, 0.1) is 13.8 Å². The van der Waals surface area contributed by atoms with E-state index >= 15 is 0 Å². The van der Waals surface area contributed by atoms with Gasteiger partial charge in [-0.3, -0.25) is 4.68 Å². The van der Waals surface area contributed by atoms with Crippen molar-refractivity contribution in [2.45, 2.75) is 18.7 Å². The largest absolute Gasteiger partial charge is 0.383 e. The summed E-state index contributed by atoms with van der Waals surface area (Å²) >= 11 is 0. The summed E-state index contributed by atoms with van der Waals surface area (Å²) in [6.45, 7) is 3.83. The van der Waals surface area contributed by atoms with Gasteiger partial charge in [0.15, 0.2) is 9.84 Å². The third-order valence-corrected chi connectivity index (χ3v) is 4.41. The lowest BCUT2D eigenvalue weighted by Crippen LogP contribution is -2.03. The van der Waals surface area contributed by atoms with Crippen molar-refractivity contribution >= 4 is 15.7 Å². The van der Waals surface area contributed by atoms with E-state index in [4.69, 9.17) is 5.73 Å². The van der Waals surface area contributed by atoms with Gasteiger partial charge in [-0.1, -0.05) is 0 Å². The molecular weight excluding hydrogens is 262 g/mol. The Bertz CT molecular complexity index is 745. The number of rotatable bonds is 2. The lowest BCUT2D eigenvalue weighted by Gasteiger charge is -2.11. The number of nitrogens with two attached hydrogens (primary N) is 1. The molecule has 1 aromatic carbocycles. The van der Waals surface area contributed by atoms with Crippen LogP contribution in [0.25, 0.3) is 11.1 Å². The van der Waals surface area contributed by atoms with E-state index < -0.39 is 9.84 Å². The summed E-state index contributed by atoms with van der Waals surface area (Å²) in [5.74, 6) is 0.452. The van der Waals surface area contributed by atoms with Gasteiger partial charge in [-0.15, -0.1) is 0 Å². The van der Waals surface area contributed by atoms with Gasteiger partial charge >= 0.3 is 0 Å². The van der Waals surface area contributed by atoms with E-state index in [1.807, 2.05) is 19.9 Å². The molecule has 0 atom stereocenters. The van der Waals surface area contributed by atoms with Crippen molar-refractivity contribution in [3.05, 3.63) is 29.5 Å². The minimum Gasteiger partial charge on any atom is -0.383 e. The number of anilines is 1. The molecule has 0 spiro atoms. The van der Waals surface area contributed by atoms with Gasteiger partial charge in [-0.25, -0.2) is 8.42 Å². The van der Waals surface area contributed by atoms with E-state index in [1.54, 1.807) is 19.3 Å². The normalized spacial score (nSPS) is 11.8. The van der Waals surface area contributed by atoms with Crippen molar-refractivity contribution in [2.75, 3.05) is 12.0 Å². The van der Waals surface area contributed by atoms with Gasteiger partial charge in [0, 0.05) is 24.4 Å². The van der Waals surface area contributed by atoms with Crippen LogP contribution in [0.2, 0.25) is 0 Å². The van der Waals surface area contributed by atoms with Crippen LogP contribution in [0.1, 0.15) is 11.1 Å². The van der Waals surface area contributed by atoms with Crippen molar-refractivity contribution in [1.29, 1.82) is 0 Å². The predicted molar refractivity (Wildman–Crippen MR) is 75.6 cm³/mol.